The molecule has 0 aliphatic rings. The standard InChI is InChI=1S/C23H20O3/c1-16-12-14-19(15-13-16)22(24)20-10-6-7-11-21(20)23(25)26-17(2)18-8-4-3-5-9-18/h3-15,17H,1-2H3. The predicted molar refractivity (Wildman–Crippen MR) is 101 cm³/mol. The molecule has 1 atom stereocenters. The van der Waals surface area contributed by atoms with Crippen LogP contribution < -0.4 is 0 Å². The van der Waals surface area contributed by atoms with Gasteiger partial charge in [0.1, 0.15) is 6.10 Å². The molecule has 0 aliphatic heterocycles. The van der Waals surface area contributed by atoms with Gasteiger partial charge in [0.2, 0.25) is 0 Å². The molecule has 0 aliphatic carbocycles. The van der Waals surface area contributed by atoms with Gasteiger partial charge in [0.05, 0.1) is 5.56 Å². The van der Waals surface area contributed by atoms with Crippen LogP contribution >= 0.6 is 0 Å². The maximum atomic E-state index is 12.8. The van der Waals surface area contributed by atoms with Crippen molar-refractivity contribution in [2.75, 3.05) is 0 Å². The first-order chi connectivity index (χ1) is 12.6. The number of hydrogen-bond donors (Lipinski definition) is 0. The number of carbonyl (C=O) groups excluding carboxylic acids is 2. The summed E-state index contributed by atoms with van der Waals surface area (Å²) in [5.41, 5.74) is 3.16. The van der Waals surface area contributed by atoms with Crippen LogP contribution in [-0.4, -0.2) is 11.8 Å². The van der Waals surface area contributed by atoms with E-state index in [4.69, 9.17) is 4.74 Å². The van der Waals surface area contributed by atoms with Crippen molar-refractivity contribution < 1.29 is 14.3 Å². The Balaban J connectivity index is 1.85. The highest BCUT2D eigenvalue weighted by Gasteiger charge is 2.21. The van der Waals surface area contributed by atoms with Gasteiger partial charge in [0.15, 0.2) is 5.78 Å². The molecule has 3 rings (SSSR count). The van der Waals surface area contributed by atoms with Crippen molar-refractivity contribution in [1.29, 1.82) is 0 Å². The number of aryl methyl sites for hydroxylation is 1. The van der Waals surface area contributed by atoms with E-state index in [1.54, 1.807) is 36.4 Å². The van der Waals surface area contributed by atoms with Gasteiger partial charge >= 0.3 is 5.97 Å². The Morgan fingerprint density at radius 1 is 0.769 bits per heavy atom. The van der Waals surface area contributed by atoms with E-state index in [1.807, 2.05) is 56.3 Å². The summed E-state index contributed by atoms with van der Waals surface area (Å²) in [6.07, 6.45) is -0.397. The van der Waals surface area contributed by atoms with E-state index < -0.39 is 12.1 Å². The molecule has 3 aromatic carbocycles. The summed E-state index contributed by atoms with van der Waals surface area (Å²) in [6.45, 7) is 3.78. The maximum Gasteiger partial charge on any atom is 0.339 e. The fourth-order valence-corrected chi connectivity index (χ4v) is 2.74. The van der Waals surface area contributed by atoms with Gasteiger partial charge in [-0.15, -0.1) is 0 Å². The average molecular weight is 344 g/mol. The largest absolute Gasteiger partial charge is 0.454 e. The quantitative estimate of drug-likeness (QED) is 0.475. The second kappa shape index (κ2) is 7.79. The lowest BCUT2D eigenvalue weighted by Gasteiger charge is -2.15. The topological polar surface area (TPSA) is 43.4 Å². The molecule has 0 heterocycles. The third-order valence-corrected chi connectivity index (χ3v) is 4.26. The van der Waals surface area contributed by atoms with Crippen LogP contribution in [0.5, 0.6) is 0 Å². The second-order valence-corrected chi connectivity index (χ2v) is 6.20. The van der Waals surface area contributed by atoms with E-state index in [2.05, 4.69) is 0 Å². The van der Waals surface area contributed by atoms with E-state index in [1.165, 1.54) is 0 Å². The highest BCUT2D eigenvalue weighted by Crippen LogP contribution is 2.21. The minimum Gasteiger partial charge on any atom is -0.454 e. The van der Waals surface area contributed by atoms with E-state index in [0.29, 0.717) is 11.1 Å². The third-order valence-electron chi connectivity index (χ3n) is 4.26. The lowest BCUT2D eigenvalue weighted by atomic mass is 9.97. The van der Waals surface area contributed by atoms with E-state index >= 15 is 0 Å². The molecule has 3 heteroatoms. The summed E-state index contributed by atoms with van der Waals surface area (Å²) in [5, 5.41) is 0. The third kappa shape index (κ3) is 3.89. The molecule has 0 saturated heterocycles. The molecule has 0 spiro atoms. The fraction of sp³-hybridized carbons (Fsp3) is 0.130. The van der Waals surface area contributed by atoms with Crippen molar-refractivity contribution in [3.8, 4) is 0 Å². The van der Waals surface area contributed by atoms with Gasteiger partial charge in [0.25, 0.3) is 0 Å². The van der Waals surface area contributed by atoms with Crippen molar-refractivity contribution in [1.82, 2.24) is 0 Å². The molecule has 3 aromatic rings. The minimum atomic E-state index is -0.502. The van der Waals surface area contributed by atoms with Crippen molar-refractivity contribution in [2.45, 2.75) is 20.0 Å². The molecule has 0 aromatic heterocycles. The second-order valence-electron chi connectivity index (χ2n) is 6.20. The summed E-state index contributed by atoms with van der Waals surface area (Å²) < 4.78 is 5.58. The van der Waals surface area contributed by atoms with Crippen LogP contribution in [0, 0.1) is 6.92 Å². The lowest BCUT2D eigenvalue weighted by molar-refractivity contribution is 0.0335. The summed E-state index contributed by atoms with van der Waals surface area (Å²) in [5.74, 6) is -0.692. The van der Waals surface area contributed by atoms with Crippen molar-refractivity contribution in [3.05, 3.63) is 107 Å². The SMILES string of the molecule is Cc1ccc(C(=O)c2ccccc2C(=O)OC(C)c2ccccc2)cc1. The normalized spacial score (nSPS) is 11.6. The smallest absolute Gasteiger partial charge is 0.339 e. The Morgan fingerprint density at radius 3 is 2.00 bits per heavy atom. The Hall–Kier alpha value is -3.20. The summed E-state index contributed by atoms with van der Waals surface area (Å²) in [4.78, 5) is 25.5. The van der Waals surface area contributed by atoms with Gasteiger partial charge in [-0.2, -0.15) is 0 Å². The first-order valence-corrected chi connectivity index (χ1v) is 8.52. The molecule has 26 heavy (non-hydrogen) atoms. The summed E-state index contributed by atoms with van der Waals surface area (Å²) >= 11 is 0. The van der Waals surface area contributed by atoms with Crippen LogP contribution in [0.15, 0.2) is 78.9 Å². The number of rotatable bonds is 5. The Bertz CT molecular complexity index is 912. The lowest BCUT2D eigenvalue weighted by Crippen LogP contribution is -2.14. The van der Waals surface area contributed by atoms with Gasteiger partial charge in [0, 0.05) is 11.1 Å². The monoisotopic (exact) mass is 344 g/mol. The molecule has 0 amide bonds. The van der Waals surface area contributed by atoms with Gasteiger partial charge in [-0.05, 0) is 25.5 Å². The zero-order chi connectivity index (χ0) is 18.5. The van der Waals surface area contributed by atoms with Gasteiger partial charge in [-0.25, -0.2) is 4.79 Å². The number of ether oxygens (including phenoxy) is 1. The Morgan fingerprint density at radius 2 is 1.35 bits per heavy atom. The highest BCUT2D eigenvalue weighted by atomic mass is 16.5. The van der Waals surface area contributed by atoms with E-state index in [-0.39, 0.29) is 11.3 Å². The van der Waals surface area contributed by atoms with Crippen molar-refractivity contribution in [2.24, 2.45) is 0 Å². The van der Waals surface area contributed by atoms with Crippen molar-refractivity contribution >= 4 is 11.8 Å². The predicted octanol–water partition coefficient (Wildman–Crippen LogP) is 5.14. The summed E-state index contributed by atoms with van der Waals surface area (Å²) in [7, 11) is 0. The first kappa shape index (κ1) is 17.6. The Labute approximate surface area is 153 Å². The van der Waals surface area contributed by atoms with Crippen molar-refractivity contribution in [3.63, 3.8) is 0 Å². The molecular formula is C23H20O3. The Kier molecular flexibility index (Phi) is 5.28. The molecule has 0 fully saturated rings. The molecular weight excluding hydrogens is 324 g/mol. The molecule has 1 unspecified atom stereocenters. The van der Waals surface area contributed by atoms with Crippen LogP contribution in [0.2, 0.25) is 0 Å². The van der Waals surface area contributed by atoms with Crippen LogP contribution in [0.25, 0.3) is 0 Å². The molecule has 0 N–H and O–H groups in total. The minimum absolute atomic E-state index is 0.190. The average Bonchev–Trinajstić information content (AvgIpc) is 2.68. The number of esters is 1. The zero-order valence-corrected chi connectivity index (χ0v) is 14.8. The maximum absolute atomic E-state index is 12.8. The van der Waals surface area contributed by atoms with Crippen LogP contribution in [0.1, 0.15) is 50.4 Å². The van der Waals surface area contributed by atoms with Gasteiger partial charge < -0.3 is 4.74 Å². The highest BCUT2D eigenvalue weighted by molar-refractivity contribution is 6.14. The van der Waals surface area contributed by atoms with Gasteiger partial charge in [-0.1, -0.05) is 78.4 Å². The molecule has 0 bridgehead atoms. The molecule has 130 valence electrons. The number of hydrogen-bond acceptors (Lipinski definition) is 3. The summed E-state index contributed by atoms with van der Waals surface area (Å²) in [6, 6.07) is 23.6. The van der Waals surface area contributed by atoms with Gasteiger partial charge in [-0.3, -0.25) is 4.79 Å². The van der Waals surface area contributed by atoms with Crippen LogP contribution in [-0.2, 0) is 4.74 Å². The van der Waals surface area contributed by atoms with Crippen LogP contribution in [0.3, 0.4) is 0 Å². The zero-order valence-electron chi connectivity index (χ0n) is 14.8. The molecule has 0 radical (unpaired) electrons. The molecule has 3 nitrogen and oxygen atoms in total. The van der Waals surface area contributed by atoms with Crippen LogP contribution in [0.4, 0.5) is 0 Å². The number of ketones is 1. The number of benzene rings is 3. The van der Waals surface area contributed by atoms with E-state index in [9.17, 15) is 9.59 Å². The number of carbonyl (C=O) groups is 2. The molecule has 0 saturated carbocycles. The fourth-order valence-electron chi connectivity index (χ4n) is 2.74. The van der Waals surface area contributed by atoms with E-state index in [0.717, 1.165) is 11.1 Å². The first-order valence-electron chi connectivity index (χ1n) is 8.52.